The lowest BCUT2D eigenvalue weighted by molar-refractivity contribution is -0.118. The van der Waals surface area contributed by atoms with Gasteiger partial charge in [0.25, 0.3) is 5.91 Å². The van der Waals surface area contributed by atoms with Crippen LogP contribution in [0.3, 0.4) is 0 Å². The number of esters is 1. The van der Waals surface area contributed by atoms with Gasteiger partial charge in [-0.05, 0) is 50.1 Å². The van der Waals surface area contributed by atoms with Crippen LogP contribution < -0.4 is 10.1 Å². The van der Waals surface area contributed by atoms with Crippen molar-refractivity contribution in [2.75, 3.05) is 19.0 Å². The molecular weight excluding hydrogens is 306 g/mol. The molecule has 0 aromatic heterocycles. The van der Waals surface area contributed by atoms with E-state index in [9.17, 15) is 9.59 Å². The Morgan fingerprint density at radius 2 is 1.75 bits per heavy atom. The summed E-state index contributed by atoms with van der Waals surface area (Å²) in [6, 6.07) is 10.8. The predicted octanol–water partition coefficient (Wildman–Crippen LogP) is 3.42. The highest BCUT2D eigenvalue weighted by atomic mass is 16.5. The van der Waals surface area contributed by atoms with Crippen LogP contribution in [0.4, 0.5) is 5.69 Å². The monoisotopic (exact) mass is 327 g/mol. The van der Waals surface area contributed by atoms with Gasteiger partial charge in [0.15, 0.2) is 6.61 Å². The highest BCUT2D eigenvalue weighted by Gasteiger charge is 2.11. The zero-order valence-electron chi connectivity index (χ0n) is 14.3. The van der Waals surface area contributed by atoms with Crippen molar-refractivity contribution in [3.8, 4) is 5.75 Å². The molecule has 24 heavy (non-hydrogen) atoms. The van der Waals surface area contributed by atoms with Crippen molar-refractivity contribution < 1.29 is 19.1 Å². The van der Waals surface area contributed by atoms with Crippen molar-refractivity contribution >= 4 is 17.6 Å². The Morgan fingerprint density at radius 1 is 1.00 bits per heavy atom. The third-order valence-corrected chi connectivity index (χ3v) is 3.62. The highest BCUT2D eigenvalue weighted by molar-refractivity contribution is 5.95. The largest absolute Gasteiger partial charge is 0.483 e. The van der Waals surface area contributed by atoms with E-state index >= 15 is 0 Å². The average Bonchev–Trinajstić information content (AvgIpc) is 2.55. The minimum atomic E-state index is -0.447. The molecule has 126 valence electrons. The standard InChI is InChI=1S/C19H21NO4/c1-12-5-8-17(14(3)9-12)24-11-18(21)20-16-10-15(19(22)23-4)7-6-13(16)2/h5-10H,11H2,1-4H3,(H,20,21). The third kappa shape index (κ3) is 4.35. The fraction of sp³-hybridized carbons (Fsp3) is 0.263. The highest BCUT2D eigenvalue weighted by Crippen LogP contribution is 2.20. The zero-order chi connectivity index (χ0) is 17.7. The Hall–Kier alpha value is -2.82. The first-order chi connectivity index (χ1) is 11.4. The summed E-state index contributed by atoms with van der Waals surface area (Å²) in [6.45, 7) is 5.68. The van der Waals surface area contributed by atoms with Gasteiger partial charge in [0.05, 0.1) is 12.7 Å². The minimum Gasteiger partial charge on any atom is -0.483 e. The number of hydrogen-bond acceptors (Lipinski definition) is 4. The zero-order valence-corrected chi connectivity index (χ0v) is 14.3. The van der Waals surface area contributed by atoms with Crippen molar-refractivity contribution in [3.05, 3.63) is 58.7 Å². The number of amides is 1. The lowest BCUT2D eigenvalue weighted by Gasteiger charge is -2.12. The van der Waals surface area contributed by atoms with Gasteiger partial charge in [0.2, 0.25) is 0 Å². The SMILES string of the molecule is COC(=O)c1ccc(C)c(NC(=O)COc2ccc(C)cc2C)c1. The summed E-state index contributed by atoms with van der Waals surface area (Å²) < 4.78 is 10.2. The number of anilines is 1. The molecule has 0 saturated carbocycles. The number of nitrogens with one attached hydrogen (secondary N) is 1. The van der Waals surface area contributed by atoms with E-state index in [-0.39, 0.29) is 12.5 Å². The van der Waals surface area contributed by atoms with Crippen LogP contribution in [-0.2, 0) is 9.53 Å². The number of aryl methyl sites for hydroxylation is 3. The van der Waals surface area contributed by atoms with Crippen molar-refractivity contribution in [1.29, 1.82) is 0 Å². The second-order valence-electron chi connectivity index (χ2n) is 5.63. The van der Waals surface area contributed by atoms with E-state index in [1.807, 2.05) is 39.0 Å². The maximum absolute atomic E-state index is 12.1. The maximum atomic E-state index is 12.1. The first-order valence-corrected chi connectivity index (χ1v) is 7.59. The van der Waals surface area contributed by atoms with Gasteiger partial charge in [0.1, 0.15) is 5.75 Å². The van der Waals surface area contributed by atoms with Crippen molar-refractivity contribution in [2.24, 2.45) is 0 Å². The first-order valence-electron chi connectivity index (χ1n) is 7.59. The first kappa shape index (κ1) is 17.5. The average molecular weight is 327 g/mol. The van der Waals surface area contributed by atoms with Gasteiger partial charge in [-0.2, -0.15) is 0 Å². The normalized spacial score (nSPS) is 10.2. The van der Waals surface area contributed by atoms with Crippen LogP contribution >= 0.6 is 0 Å². The topological polar surface area (TPSA) is 64.6 Å². The molecular formula is C19H21NO4. The Morgan fingerprint density at radius 3 is 2.42 bits per heavy atom. The molecule has 1 amide bonds. The Kier molecular flexibility index (Phi) is 5.58. The van der Waals surface area contributed by atoms with Crippen molar-refractivity contribution in [2.45, 2.75) is 20.8 Å². The molecule has 0 atom stereocenters. The minimum absolute atomic E-state index is 0.105. The lowest BCUT2D eigenvalue weighted by Crippen LogP contribution is -2.21. The molecule has 0 unspecified atom stereocenters. The fourth-order valence-corrected chi connectivity index (χ4v) is 2.29. The molecule has 0 aliphatic heterocycles. The number of carbonyl (C=O) groups excluding carboxylic acids is 2. The smallest absolute Gasteiger partial charge is 0.337 e. The van der Waals surface area contributed by atoms with Crippen molar-refractivity contribution in [1.82, 2.24) is 0 Å². The molecule has 0 aliphatic carbocycles. The van der Waals surface area contributed by atoms with E-state index in [1.165, 1.54) is 7.11 Å². The van der Waals surface area contributed by atoms with Gasteiger partial charge in [-0.15, -0.1) is 0 Å². The van der Waals surface area contributed by atoms with E-state index in [1.54, 1.807) is 18.2 Å². The summed E-state index contributed by atoms with van der Waals surface area (Å²) in [7, 11) is 1.32. The van der Waals surface area contributed by atoms with Crippen LogP contribution in [0.5, 0.6) is 5.75 Å². The van der Waals surface area contributed by atoms with Gasteiger partial charge in [-0.1, -0.05) is 23.8 Å². The van der Waals surface area contributed by atoms with Gasteiger partial charge >= 0.3 is 5.97 Å². The molecule has 0 fully saturated rings. The number of ether oxygens (including phenoxy) is 2. The van der Waals surface area contributed by atoms with Crippen LogP contribution in [0.15, 0.2) is 36.4 Å². The van der Waals surface area contributed by atoms with E-state index in [0.717, 1.165) is 16.7 Å². The molecule has 1 N–H and O–H groups in total. The summed E-state index contributed by atoms with van der Waals surface area (Å²) in [5.41, 5.74) is 3.91. The van der Waals surface area contributed by atoms with Crippen LogP contribution in [0, 0.1) is 20.8 Å². The van der Waals surface area contributed by atoms with Crippen LogP contribution in [0.2, 0.25) is 0 Å². The quantitative estimate of drug-likeness (QED) is 0.855. The molecule has 0 radical (unpaired) electrons. The predicted molar refractivity (Wildman–Crippen MR) is 92.6 cm³/mol. The van der Waals surface area contributed by atoms with E-state index < -0.39 is 5.97 Å². The number of methoxy groups -OCH3 is 1. The molecule has 0 bridgehead atoms. The maximum Gasteiger partial charge on any atom is 0.337 e. The molecule has 5 nitrogen and oxygen atoms in total. The van der Waals surface area contributed by atoms with Crippen LogP contribution in [0.25, 0.3) is 0 Å². The van der Waals surface area contributed by atoms with Gasteiger partial charge in [0, 0.05) is 5.69 Å². The number of rotatable bonds is 5. The fourth-order valence-electron chi connectivity index (χ4n) is 2.29. The number of carbonyl (C=O) groups is 2. The summed E-state index contributed by atoms with van der Waals surface area (Å²) >= 11 is 0. The van der Waals surface area contributed by atoms with Gasteiger partial charge < -0.3 is 14.8 Å². The van der Waals surface area contributed by atoms with E-state index in [0.29, 0.717) is 17.0 Å². The van der Waals surface area contributed by atoms with Crippen LogP contribution in [-0.4, -0.2) is 25.6 Å². The Bertz CT molecular complexity index is 768. The number of benzene rings is 2. The molecule has 2 aromatic rings. The number of hydrogen-bond donors (Lipinski definition) is 1. The van der Waals surface area contributed by atoms with E-state index in [2.05, 4.69) is 10.1 Å². The third-order valence-electron chi connectivity index (χ3n) is 3.62. The Labute approximate surface area is 141 Å². The van der Waals surface area contributed by atoms with Crippen molar-refractivity contribution in [3.63, 3.8) is 0 Å². The second-order valence-corrected chi connectivity index (χ2v) is 5.63. The molecule has 0 aliphatic rings. The molecule has 0 heterocycles. The molecule has 5 heteroatoms. The second kappa shape index (κ2) is 7.64. The molecule has 0 saturated heterocycles. The molecule has 0 spiro atoms. The van der Waals surface area contributed by atoms with Gasteiger partial charge in [-0.3, -0.25) is 4.79 Å². The van der Waals surface area contributed by atoms with E-state index in [4.69, 9.17) is 4.74 Å². The van der Waals surface area contributed by atoms with Crippen LogP contribution in [0.1, 0.15) is 27.0 Å². The molecule has 2 aromatic carbocycles. The Balaban J connectivity index is 2.03. The van der Waals surface area contributed by atoms with Gasteiger partial charge in [-0.25, -0.2) is 4.79 Å². The summed E-state index contributed by atoms with van der Waals surface area (Å²) in [5, 5.41) is 2.76. The summed E-state index contributed by atoms with van der Waals surface area (Å²) in [6.07, 6.45) is 0. The lowest BCUT2D eigenvalue weighted by atomic mass is 10.1. The molecule has 2 rings (SSSR count). The summed E-state index contributed by atoms with van der Waals surface area (Å²) in [5.74, 6) is -0.0621. The summed E-state index contributed by atoms with van der Waals surface area (Å²) in [4.78, 5) is 23.7.